The van der Waals surface area contributed by atoms with Crippen LogP contribution in [0.2, 0.25) is 0 Å². The predicted molar refractivity (Wildman–Crippen MR) is 67.5 cm³/mol. The van der Waals surface area contributed by atoms with Crippen molar-refractivity contribution in [2.45, 2.75) is 0 Å². The Labute approximate surface area is 101 Å². The van der Waals surface area contributed by atoms with Gasteiger partial charge in [-0.2, -0.15) is 0 Å². The van der Waals surface area contributed by atoms with Crippen molar-refractivity contribution < 1.29 is 4.79 Å². The third-order valence-corrected chi connectivity index (χ3v) is 2.70. The SMILES string of the molecule is NNC(=O)c1[nH]c2nc3ccccc3nc2c1N. The molecule has 7 nitrogen and oxygen atoms in total. The second-order valence-corrected chi connectivity index (χ2v) is 3.80. The molecule has 1 aromatic carbocycles. The van der Waals surface area contributed by atoms with Gasteiger partial charge in [-0.3, -0.25) is 10.2 Å². The van der Waals surface area contributed by atoms with Crippen LogP contribution in [0.4, 0.5) is 5.69 Å². The minimum Gasteiger partial charge on any atom is -0.395 e. The Morgan fingerprint density at radius 1 is 1.22 bits per heavy atom. The number of hydrogen-bond donors (Lipinski definition) is 4. The molecule has 0 atom stereocenters. The van der Waals surface area contributed by atoms with Crippen LogP contribution in [0.5, 0.6) is 0 Å². The van der Waals surface area contributed by atoms with Crippen LogP contribution in [-0.4, -0.2) is 20.9 Å². The van der Waals surface area contributed by atoms with Crippen LogP contribution in [0.3, 0.4) is 0 Å². The first-order valence-electron chi connectivity index (χ1n) is 5.25. The van der Waals surface area contributed by atoms with Gasteiger partial charge in [-0.15, -0.1) is 0 Å². The Morgan fingerprint density at radius 2 is 1.89 bits per heavy atom. The third kappa shape index (κ3) is 1.38. The molecule has 2 aromatic heterocycles. The van der Waals surface area contributed by atoms with Crippen LogP contribution in [0.15, 0.2) is 24.3 Å². The molecule has 6 N–H and O–H groups in total. The maximum absolute atomic E-state index is 11.5. The smallest absolute Gasteiger partial charge is 0.283 e. The highest BCUT2D eigenvalue weighted by Gasteiger charge is 2.17. The highest BCUT2D eigenvalue weighted by atomic mass is 16.2. The number of fused-ring (bicyclic) bond motifs is 2. The molecule has 7 heteroatoms. The first-order chi connectivity index (χ1) is 8.70. The van der Waals surface area contributed by atoms with Gasteiger partial charge in [-0.25, -0.2) is 15.8 Å². The molecule has 3 aromatic rings. The van der Waals surface area contributed by atoms with E-state index in [9.17, 15) is 4.79 Å². The minimum atomic E-state index is -0.503. The number of nitrogen functional groups attached to an aromatic ring is 2. The van der Waals surface area contributed by atoms with Crippen LogP contribution in [0.1, 0.15) is 10.5 Å². The second-order valence-electron chi connectivity index (χ2n) is 3.80. The average molecular weight is 242 g/mol. The van der Waals surface area contributed by atoms with Gasteiger partial charge in [0.1, 0.15) is 11.2 Å². The van der Waals surface area contributed by atoms with Gasteiger partial charge >= 0.3 is 0 Å². The molecule has 0 aliphatic rings. The van der Waals surface area contributed by atoms with Crippen molar-refractivity contribution in [3.63, 3.8) is 0 Å². The minimum absolute atomic E-state index is 0.169. The molecule has 3 rings (SSSR count). The Morgan fingerprint density at radius 3 is 2.56 bits per heavy atom. The number of nitrogens with two attached hydrogens (primary N) is 2. The number of benzene rings is 1. The maximum Gasteiger partial charge on any atom is 0.283 e. The van der Waals surface area contributed by atoms with E-state index in [0.29, 0.717) is 11.2 Å². The molecule has 0 bridgehead atoms. The van der Waals surface area contributed by atoms with E-state index in [1.165, 1.54) is 0 Å². The number of nitrogens with zero attached hydrogens (tertiary/aromatic N) is 2. The van der Waals surface area contributed by atoms with E-state index in [-0.39, 0.29) is 11.4 Å². The van der Waals surface area contributed by atoms with Gasteiger partial charge in [0.25, 0.3) is 5.91 Å². The molecule has 0 aliphatic carbocycles. The molecule has 1 amide bonds. The van der Waals surface area contributed by atoms with E-state index >= 15 is 0 Å². The van der Waals surface area contributed by atoms with Crippen LogP contribution in [0.25, 0.3) is 22.2 Å². The van der Waals surface area contributed by atoms with Crippen molar-refractivity contribution in [2.24, 2.45) is 5.84 Å². The fraction of sp³-hybridized carbons (Fsp3) is 0. The summed E-state index contributed by atoms with van der Waals surface area (Å²) in [6.45, 7) is 0. The number of hydrazine groups is 1. The number of hydrogen-bond acceptors (Lipinski definition) is 5. The molecule has 18 heavy (non-hydrogen) atoms. The average Bonchev–Trinajstić information content (AvgIpc) is 2.72. The lowest BCUT2D eigenvalue weighted by Gasteiger charge is -1.96. The molecule has 0 saturated carbocycles. The summed E-state index contributed by atoms with van der Waals surface area (Å²) in [5, 5.41) is 0. The number of carbonyl (C=O) groups excluding carboxylic acids is 1. The zero-order valence-corrected chi connectivity index (χ0v) is 9.27. The summed E-state index contributed by atoms with van der Waals surface area (Å²) in [4.78, 5) is 23.0. The number of carbonyl (C=O) groups is 1. The zero-order valence-electron chi connectivity index (χ0n) is 9.27. The Balaban J connectivity index is 2.36. The topological polar surface area (TPSA) is 123 Å². The number of anilines is 1. The van der Waals surface area contributed by atoms with Gasteiger partial charge < -0.3 is 10.7 Å². The summed E-state index contributed by atoms with van der Waals surface area (Å²) in [6.07, 6.45) is 0. The molecule has 90 valence electrons. The van der Waals surface area contributed by atoms with E-state index in [0.717, 1.165) is 11.0 Å². The summed E-state index contributed by atoms with van der Waals surface area (Å²) < 4.78 is 0. The van der Waals surface area contributed by atoms with Crippen molar-refractivity contribution in [1.82, 2.24) is 20.4 Å². The van der Waals surface area contributed by atoms with E-state index in [1.54, 1.807) is 0 Å². The number of nitrogens with one attached hydrogen (secondary N) is 2. The second kappa shape index (κ2) is 3.67. The number of aromatic nitrogens is 3. The van der Waals surface area contributed by atoms with E-state index < -0.39 is 5.91 Å². The highest BCUT2D eigenvalue weighted by molar-refractivity contribution is 6.06. The van der Waals surface area contributed by atoms with Gasteiger partial charge in [0.05, 0.1) is 16.7 Å². The highest BCUT2D eigenvalue weighted by Crippen LogP contribution is 2.23. The van der Waals surface area contributed by atoms with Crippen LogP contribution in [0, 0.1) is 0 Å². The van der Waals surface area contributed by atoms with E-state index in [1.807, 2.05) is 29.7 Å². The maximum atomic E-state index is 11.5. The van der Waals surface area contributed by atoms with Gasteiger partial charge in [-0.05, 0) is 12.1 Å². The molecule has 0 radical (unpaired) electrons. The fourth-order valence-electron chi connectivity index (χ4n) is 1.83. The molecular weight excluding hydrogens is 232 g/mol. The zero-order chi connectivity index (χ0) is 12.7. The monoisotopic (exact) mass is 242 g/mol. The normalized spacial score (nSPS) is 10.9. The summed E-state index contributed by atoms with van der Waals surface area (Å²) in [5.41, 5.74) is 10.7. The summed E-state index contributed by atoms with van der Waals surface area (Å²) in [6, 6.07) is 7.39. The van der Waals surface area contributed by atoms with Gasteiger partial charge in [0.15, 0.2) is 5.65 Å². The van der Waals surface area contributed by atoms with Crippen molar-refractivity contribution in [1.29, 1.82) is 0 Å². The van der Waals surface area contributed by atoms with E-state index in [2.05, 4.69) is 15.0 Å². The molecule has 0 aliphatic heterocycles. The summed E-state index contributed by atoms with van der Waals surface area (Å²) >= 11 is 0. The lowest BCUT2D eigenvalue weighted by molar-refractivity contribution is 0.0950. The van der Waals surface area contributed by atoms with Gasteiger partial charge in [0.2, 0.25) is 0 Å². The quantitative estimate of drug-likeness (QED) is 0.277. The number of H-pyrrole nitrogens is 1. The first kappa shape index (κ1) is 10.5. The van der Waals surface area contributed by atoms with Gasteiger partial charge in [0, 0.05) is 0 Å². The Hall–Kier alpha value is -2.67. The van der Waals surface area contributed by atoms with E-state index in [4.69, 9.17) is 11.6 Å². The number of amides is 1. The number of rotatable bonds is 1. The van der Waals surface area contributed by atoms with Gasteiger partial charge in [-0.1, -0.05) is 12.1 Å². The Bertz CT molecular complexity index is 763. The lowest BCUT2D eigenvalue weighted by atomic mass is 10.3. The van der Waals surface area contributed by atoms with Crippen LogP contribution in [-0.2, 0) is 0 Å². The third-order valence-electron chi connectivity index (χ3n) is 2.70. The molecule has 2 heterocycles. The number of aromatic amines is 1. The Kier molecular flexibility index (Phi) is 2.14. The van der Waals surface area contributed by atoms with Crippen molar-refractivity contribution in [2.75, 3.05) is 5.73 Å². The molecular formula is C11H10N6O. The summed E-state index contributed by atoms with van der Waals surface area (Å²) in [5.74, 6) is 4.58. The number of para-hydroxylation sites is 2. The standard InChI is InChI=1S/C11H10N6O/c12-7-8-10(16-9(7)11(18)17-13)15-6-4-2-1-3-5(6)14-8/h1-4H,12-13H2,(H,15,16)(H,17,18). The fourth-order valence-corrected chi connectivity index (χ4v) is 1.83. The molecule has 0 saturated heterocycles. The molecule has 0 spiro atoms. The van der Waals surface area contributed by atoms with Crippen molar-refractivity contribution >= 4 is 33.8 Å². The predicted octanol–water partition coefficient (Wildman–Crippen LogP) is 0.297. The van der Waals surface area contributed by atoms with Crippen molar-refractivity contribution in [3.05, 3.63) is 30.0 Å². The van der Waals surface area contributed by atoms with Crippen LogP contribution < -0.4 is 17.0 Å². The first-order valence-corrected chi connectivity index (χ1v) is 5.25. The largest absolute Gasteiger partial charge is 0.395 e. The lowest BCUT2D eigenvalue weighted by Crippen LogP contribution is -2.30. The summed E-state index contributed by atoms with van der Waals surface area (Å²) in [7, 11) is 0. The molecule has 0 unspecified atom stereocenters. The van der Waals surface area contributed by atoms with Crippen LogP contribution >= 0.6 is 0 Å². The molecule has 0 fully saturated rings. The van der Waals surface area contributed by atoms with Crippen molar-refractivity contribution in [3.8, 4) is 0 Å².